The quantitative estimate of drug-likeness (QED) is 0.329. The Morgan fingerprint density at radius 1 is 0.818 bits per heavy atom. The molecule has 2 heterocycles. The van der Waals surface area contributed by atoms with Crippen LogP contribution in [0.4, 0.5) is 10.1 Å². The van der Waals surface area contributed by atoms with Crippen LogP contribution in [0.15, 0.2) is 91.1 Å². The van der Waals surface area contributed by atoms with Gasteiger partial charge in [0, 0.05) is 40.7 Å². The Hall–Kier alpha value is -3.99. The molecular formula is C28H23FN4. The third-order valence-corrected chi connectivity index (χ3v) is 6.29. The standard InChI is InChI=1S/C28H23FN4/c29-22-9-4-8-21(16-22)26-17-27-31-28(20-12-14-24(15-13-20)30-23-10-5-11-23)25(18-33(27)32-26)19-6-2-1-3-7-19/h1-4,6-9,12-18,23,30H,5,10-11H2. The number of benzene rings is 3. The monoisotopic (exact) mass is 434 g/mol. The van der Waals surface area contributed by atoms with Gasteiger partial charge >= 0.3 is 0 Å². The number of hydrogen-bond acceptors (Lipinski definition) is 3. The summed E-state index contributed by atoms with van der Waals surface area (Å²) in [5.41, 5.74) is 7.30. The highest BCUT2D eigenvalue weighted by Gasteiger charge is 2.17. The first-order valence-electron chi connectivity index (χ1n) is 11.3. The van der Waals surface area contributed by atoms with Gasteiger partial charge in [0.25, 0.3) is 0 Å². The highest BCUT2D eigenvalue weighted by atomic mass is 19.1. The molecule has 1 fully saturated rings. The van der Waals surface area contributed by atoms with E-state index in [0.717, 1.165) is 39.3 Å². The van der Waals surface area contributed by atoms with E-state index in [9.17, 15) is 4.39 Å². The summed E-state index contributed by atoms with van der Waals surface area (Å²) in [6.07, 6.45) is 5.80. The molecule has 33 heavy (non-hydrogen) atoms. The molecule has 5 heteroatoms. The van der Waals surface area contributed by atoms with Crippen molar-refractivity contribution in [1.29, 1.82) is 0 Å². The van der Waals surface area contributed by atoms with E-state index in [1.165, 1.54) is 31.4 Å². The fraction of sp³-hybridized carbons (Fsp3) is 0.143. The van der Waals surface area contributed by atoms with Crippen molar-refractivity contribution in [1.82, 2.24) is 14.6 Å². The third kappa shape index (κ3) is 3.87. The molecule has 6 rings (SSSR count). The first-order chi connectivity index (χ1) is 16.2. The van der Waals surface area contributed by atoms with E-state index in [1.807, 2.05) is 36.5 Å². The number of aromatic nitrogens is 3. The van der Waals surface area contributed by atoms with Gasteiger partial charge in [-0.2, -0.15) is 5.10 Å². The summed E-state index contributed by atoms with van der Waals surface area (Å²) in [6.45, 7) is 0. The molecule has 0 bridgehead atoms. The predicted molar refractivity (Wildman–Crippen MR) is 131 cm³/mol. The molecular weight excluding hydrogens is 411 g/mol. The lowest BCUT2D eigenvalue weighted by atomic mass is 9.93. The van der Waals surface area contributed by atoms with E-state index in [2.05, 4.69) is 46.8 Å². The molecule has 0 aliphatic heterocycles. The second-order valence-electron chi connectivity index (χ2n) is 8.56. The molecule has 1 aliphatic carbocycles. The van der Waals surface area contributed by atoms with Crippen LogP contribution in [0.1, 0.15) is 19.3 Å². The minimum atomic E-state index is -0.279. The molecule has 162 valence electrons. The van der Waals surface area contributed by atoms with Crippen LogP contribution >= 0.6 is 0 Å². The summed E-state index contributed by atoms with van der Waals surface area (Å²) in [5, 5.41) is 8.28. The average Bonchev–Trinajstić information content (AvgIpc) is 3.25. The van der Waals surface area contributed by atoms with Crippen molar-refractivity contribution >= 4 is 11.3 Å². The van der Waals surface area contributed by atoms with Crippen LogP contribution in [0.2, 0.25) is 0 Å². The molecule has 1 saturated carbocycles. The maximum Gasteiger partial charge on any atom is 0.156 e. The molecule has 0 spiro atoms. The first-order valence-corrected chi connectivity index (χ1v) is 11.3. The second kappa shape index (κ2) is 8.17. The second-order valence-corrected chi connectivity index (χ2v) is 8.56. The Bertz CT molecular complexity index is 1420. The summed E-state index contributed by atoms with van der Waals surface area (Å²) in [5.74, 6) is -0.279. The van der Waals surface area contributed by atoms with Crippen molar-refractivity contribution < 1.29 is 4.39 Å². The van der Waals surface area contributed by atoms with Gasteiger partial charge in [-0.15, -0.1) is 0 Å². The number of hydrogen-bond donors (Lipinski definition) is 1. The van der Waals surface area contributed by atoms with Gasteiger partial charge < -0.3 is 5.32 Å². The van der Waals surface area contributed by atoms with Crippen LogP contribution in [-0.4, -0.2) is 20.6 Å². The third-order valence-electron chi connectivity index (χ3n) is 6.29. The Morgan fingerprint density at radius 2 is 1.61 bits per heavy atom. The largest absolute Gasteiger partial charge is 0.382 e. The van der Waals surface area contributed by atoms with Crippen molar-refractivity contribution in [3.63, 3.8) is 0 Å². The van der Waals surface area contributed by atoms with Gasteiger partial charge in [-0.1, -0.05) is 54.6 Å². The topological polar surface area (TPSA) is 42.2 Å². The van der Waals surface area contributed by atoms with Gasteiger partial charge in [0.1, 0.15) is 5.82 Å². The number of fused-ring (bicyclic) bond motifs is 1. The zero-order chi connectivity index (χ0) is 22.2. The SMILES string of the molecule is Fc1cccc(-c2cc3nc(-c4ccc(NC5CCC5)cc4)c(-c4ccccc4)cn3n2)c1. The lowest BCUT2D eigenvalue weighted by molar-refractivity contribution is 0.445. The summed E-state index contributed by atoms with van der Waals surface area (Å²) in [7, 11) is 0. The highest BCUT2D eigenvalue weighted by Crippen LogP contribution is 2.33. The van der Waals surface area contributed by atoms with Crippen molar-refractivity contribution in [3.8, 4) is 33.6 Å². The van der Waals surface area contributed by atoms with E-state index >= 15 is 0 Å². The lowest BCUT2D eigenvalue weighted by Gasteiger charge is -2.27. The Kier molecular flexibility index (Phi) is 4.87. The number of halogens is 1. The van der Waals surface area contributed by atoms with Gasteiger partial charge in [0.05, 0.1) is 11.4 Å². The van der Waals surface area contributed by atoms with Crippen molar-refractivity contribution in [2.75, 3.05) is 5.32 Å². The van der Waals surface area contributed by atoms with Crippen LogP contribution in [0.5, 0.6) is 0 Å². The number of nitrogens with zero attached hydrogens (tertiary/aromatic N) is 3. The minimum Gasteiger partial charge on any atom is -0.382 e. The van der Waals surface area contributed by atoms with Crippen LogP contribution in [0, 0.1) is 5.82 Å². The van der Waals surface area contributed by atoms with Crippen LogP contribution in [-0.2, 0) is 0 Å². The molecule has 1 aliphatic rings. The number of anilines is 1. The van der Waals surface area contributed by atoms with Crippen molar-refractivity contribution in [2.45, 2.75) is 25.3 Å². The maximum absolute atomic E-state index is 13.8. The number of rotatable bonds is 5. The Morgan fingerprint density at radius 3 is 2.33 bits per heavy atom. The summed E-state index contributed by atoms with van der Waals surface area (Å²) in [4.78, 5) is 4.99. The van der Waals surface area contributed by atoms with E-state index in [4.69, 9.17) is 4.98 Å². The van der Waals surface area contributed by atoms with E-state index < -0.39 is 0 Å². The van der Waals surface area contributed by atoms with Gasteiger partial charge in [0.15, 0.2) is 5.65 Å². The molecule has 2 aromatic heterocycles. The molecule has 0 atom stereocenters. The molecule has 0 radical (unpaired) electrons. The normalized spacial score (nSPS) is 13.7. The van der Waals surface area contributed by atoms with Gasteiger partial charge in [0.2, 0.25) is 0 Å². The van der Waals surface area contributed by atoms with Crippen molar-refractivity contribution in [2.24, 2.45) is 0 Å². The summed E-state index contributed by atoms with van der Waals surface area (Å²) >= 11 is 0. The van der Waals surface area contributed by atoms with Gasteiger partial charge in [-0.05, 0) is 49.1 Å². The van der Waals surface area contributed by atoms with Gasteiger partial charge in [-0.3, -0.25) is 0 Å². The van der Waals surface area contributed by atoms with Crippen molar-refractivity contribution in [3.05, 3.63) is 96.9 Å². The van der Waals surface area contributed by atoms with E-state index in [1.54, 1.807) is 10.6 Å². The molecule has 0 amide bonds. The molecule has 3 aromatic carbocycles. The molecule has 5 aromatic rings. The zero-order valence-electron chi connectivity index (χ0n) is 18.1. The van der Waals surface area contributed by atoms with E-state index in [-0.39, 0.29) is 5.82 Å². The summed E-state index contributed by atoms with van der Waals surface area (Å²) < 4.78 is 15.5. The van der Waals surface area contributed by atoms with Gasteiger partial charge in [-0.25, -0.2) is 13.9 Å². The highest BCUT2D eigenvalue weighted by molar-refractivity contribution is 5.82. The maximum atomic E-state index is 13.8. The first kappa shape index (κ1) is 19.7. The summed E-state index contributed by atoms with van der Waals surface area (Å²) in [6, 6.07) is 27.7. The molecule has 4 nitrogen and oxygen atoms in total. The van der Waals surface area contributed by atoms with Crippen LogP contribution < -0.4 is 5.32 Å². The van der Waals surface area contributed by atoms with E-state index in [0.29, 0.717) is 11.7 Å². The zero-order valence-corrected chi connectivity index (χ0v) is 18.1. The Balaban J connectivity index is 1.46. The minimum absolute atomic E-state index is 0.279. The molecule has 1 N–H and O–H groups in total. The average molecular weight is 435 g/mol. The number of nitrogens with one attached hydrogen (secondary N) is 1. The smallest absolute Gasteiger partial charge is 0.156 e. The Labute approximate surface area is 191 Å². The van der Waals surface area contributed by atoms with Crippen LogP contribution in [0.3, 0.4) is 0 Å². The lowest BCUT2D eigenvalue weighted by Crippen LogP contribution is -2.26. The fourth-order valence-corrected chi connectivity index (χ4v) is 4.27. The fourth-order valence-electron chi connectivity index (χ4n) is 4.27. The molecule has 0 saturated heterocycles. The predicted octanol–water partition coefficient (Wildman–Crippen LogP) is 6.83. The van der Waals surface area contributed by atoms with Crippen LogP contribution in [0.25, 0.3) is 39.3 Å². The molecule has 0 unspecified atom stereocenters.